The molecule has 3 N–H and O–H groups in total. The molecule has 1 aliphatic heterocycles. The Morgan fingerprint density at radius 2 is 1.61 bits per heavy atom. The van der Waals surface area contributed by atoms with E-state index in [0.29, 0.717) is 42.0 Å². The molecular weight excluding hydrogens is 410 g/mol. The number of hydrogen-bond donors (Lipinski definition) is 2. The maximum Gasteiger partial charge on any atom is 0.153 e. The number of nitrogens with one attached hydrogen (secondary N) is 1. The Morgan fingerprint density at radius 3 is 2.32 bits per heavy atom. The summed E-state index contributed by atoms with van der Waals surface area (Å²) >= 11 is 0. The summed E-state index contributed by atoms with van der Waals surface area (Å²) in [5.41, 5.74) is 7.91. The molecule has 1 aliphatic rings. The zero-order valence-corrected chi connectivity index (χ0v) is 16.2. The Labute approximate surface area is 174 Å². The first-order valence-corrected chi connectivity index (χ1v) is 9.67. The molecule has 0 amide bonds. The first-order chi connectivity index (χ1) is 14.9. The standard InChI is InChI=1S/C22H17F4N5/c23-13-1-12(2-14(24)3-13)16-7-28-8-17(21(16)31-9-11(6-27)10-31)22-29-19-5-15(25)4-18(26)20(19)30-22/h1-5,7-8,11H,6,9-10,27H2,(H,29,30). The Hall–Kier alpha value is -3.46. The van der Waals surface area contributed by atoms with Crippen LogP contribution in [0.5, 0.6) is 0 Å². The summed E-state index contributed by atoms with van der Waals surface area (Å²) in [6.45, 7) is 1.79. The van der Waals surface area contributed by atoms with Gasteiger partial charge >= 0.3 is 0 Å². The van der Waals surface area contributed by atoms with Gasteiger partial charge in [0.1, 0.15) is 28.8 Å². The van der Waals surface area contributed by atoms with E-state index in [1.165, 1.54) is 24.5 Å². The van der Waals surface area contributed by atoms with Gasteiger partial charge < -0.3 is 15.6 Å². The quantitative estimate of drug-likeness (QED) is 0.478. The highest BCUT2D eigenvalue weighted by Crippen LogP contribution is 2.41. The van der Waals surface area contributed by atoms with E-state index in [2.05, 4.69) is 15.0 Å². The fraction of sp³-hybridized carbons (Fsp3) is 0.182. The van der Waals surface area contributed by atoms with Crippen LogP contribution in [0, 0.1) is 29.2 Å². The summed E-state index contributed by atoms with van der Waals surface area (Å²) in [7, 11) is 0. The third kappa shape index (κ3) is 3.40. The van der Waals surface area contributed by atoms with Gasteiger partial charge in [0.05, 0.1) is 16.8 Å². The van der Waals surface area contributed by atoms with Crippen LogP contribution in [0.25, 0.3) is 33.5 Å². The van der Waals surface area contributed by atoms with E-state index in [4.69, 9.17) is 5.73 Å². The van der Waals surface area contributed by atoms with Crippen LogP contribution in [-0.2, 0) is 0 Å². The number of nitrogens with zero attached hydrogens (tertiary/aromatic N) is 3. The summed E-state index contributed by atoms with van der Waals surface area (Å²) in [4.78, 5) is 13.5. The summed E-state index contributed by atoms with van der Waals surface area (Å²) < 4.78 is 55.7. The van der Waals surface area contributed by atoms with Crippen molar-refractivity contribution in [2.24, 2.45) is 11.7 Å². The molecule has 0 spiro atoms. The molecule has 158 valence electrons. The van der Waals surface area contributed by atoms with Crippen molar-refractivity contribution in [1.29, 1.82) is 0 Å². The lowest BCUT2D eigenvalue weighted by molar-refractivity contribution is 0.421. The smallest absolute Gasteiger partial charge is 0.153 e. The summed E-state index contributed by atoms with van der Waals surface area (Å²) in [5, 5.41) is 0. The van der Waals surface area contributed by atoms with Crippen molar-refractivity contribution in [3.8, 4) is 22.5 Å². The Bertz CT molecular complexity index is 1280. The molecule has 3 heterocycles. The second-order valence-corrected chi connectivity index (χ2v) is 7.62. The van der Waals surface area contributed by atoms with Crippen molar-refractivity contribution in [3.05, 3.63) is 66.0 Å². The van der Waals surface area contributed by atoms with E-state index in [-0.39, 0.29) is 22.8 Å². The summed E-state index contributed by atoms with van der Waals surface area (Å²) in [5.74, 6) is -2.39. The van der Waals surface area contributed by atoms with Crippen LogP contribution in [0.2, 0.25) is 0 Å². The predicted octanol–water partition coefficient (Wildman–Crippen LogP) is 4.24. The first kappa shape index (κ1) is 19.5. The van der Waals surface area contributed by atoms with E-state index in [1.807, 2.05) is 4.90 Å². The van der Waals surface area contributed by atoms with Gasteiger partial charge in [-0.1, -0.05) is 0 Å². The highest BCUT2D eigenvalue weighted by Gasteiger charge is 2.31. The fourth-order valence-electron chi connectivity index (χ4n) is 3.96. The SMILES string of the molecule is NCC1CN(c2c(-c3cc(F)cc(F)c3)cncc2-c2nc3c(F)cc(F)cc3[nH]2)C1. The second kappa shape index (κ2) is 7.35. The van der Waals surface area contributed by atoms with Crippen LogP contribution < -0.4 is 10.6 Å². The Balaban J connectivity index is 1.71. The van der Waals surface area contributed by atoms with Gasteiger partial charge in [-0.3, -0.25) is 4.98 Å². The first-order valence-electron chi connectivity index (χ1n) is 9.67. The van der Waals surface area contributed by atoms with Gasteiger partial charge in [0.2, 0.25) is 0 Å². The average Bonchev–Trinajstić information content (AvgIpc) is 3.10. The largest absolute Gasteiger partial charge is 0.370 e. The van der Waals surface area contributed by atoms with E-state index in [1.54, 1.807) is 0 Å². The van der Waals surface area contributed by atoms with Crippen molar-refractivity contribution < 1.29 is 17.6 Å². The molecule has 1 saturated heterocycles. The number of nitrogens with two attached hydrogens (primary N) is 1. The number of pyridine rings is 1. The van der Waals surface area contributed by atoms with Gasteiger partial charge in [-0.05, 0) is 30.3 Å². The number of hydrogen-bond acceptors (Lipinski definition) is 4. The average molecular weight is 427 g/mol. The molecule has 0 aliphatic carbocycles. The number of aromatic nitrogens is 3. The highest BCUT2D eigenvalue weighted by atomic mass is 19.1. The maximum atomic E-state index is 14.2. The minimum atomic E-state index is -0.789. The van der Waals surface area contributed by atoms with Crippen molar-refractivity contribution in [1.82, 2.24) is 15.0 Å². The molecule has 0 atom stereocenters. The van der Waals surface area contributed by atoms with Crippen molar-refractivity contribution in [2.45, 2.75) is 0 Å². The molecule has 5 nitrogen and oxygen atoms in total. The number of aromatic amines is 1. The normalized spacial score (nSPS) is 14.3. The fourth-order valence-corrected chi connectivity index (χ4v) is 3.96. The van der Waals surface area contributed by atoms with Gasteiger partial charge in [0.25, 0.3) is 0 Å². The molecule has 9 heteroatoms. The zero-order valence-electron chi connectivity index (χ0n) is 16.2. The highest BCUT2D eigenvalue weighted by molar-refractivity contribution is 5.91. The molecule has 5 rings (SSSR count). The summed E-state index contributed by atoms with van der Waals surface area (Å²) in [6, 6.07) is 5.16. The molecular formula is C22H17F4N5. The third-order valence-corrected chi connectivity index (χ3v) is 5.46. The minimum absolute atomic E-state index is 0.00648. The summed E-state index contributed by atoms with van der Waals surface area (Å²) in [6.07, 6.45) is 3.06. The lowest BCUT2D eigenvalue weighted by atomic mass is 9.94. The maximum absolute atomic E-state index is 14.2. The number of benzene rings is 2. The number of halogens is 4. The van der Waals surface area contributed by atoms with Crippen molar-refractivity contribution >= 4 is 16.7 Å². The van der Waals surface area contributed by atoms with E-state index >= 15 is 0 Å². The lowest BCUT2D eigenvalue weighted by Gasteiger charge is -2.42. The minimum Gasteiger partial charge on any atom is -0.370 e. The number of fused-ring (bicyclic) bond motifs is 1. The molecule has 0 radical (unpaired) electrons. The second-order valence-electron chi connectivity index (χ2n) is 7.62. The van der Waals surface area contributed by atoms with Crippen LogP contribution in [0.15, 0.2) is 42.7 Å². The Morgan fingerprint density at radius 1 is 0.935 bits per heavy atom. The van der Waals surface area contributed by atoms with Crippen LogP contribution in [0.3, 0.4) is 0 Å². The van der Waals surface area contributed by atoms with Gasteiger partial charge in [0, 0.05) is 49.1 Å². The van der Waals surface area contributed by atoms with Crippen molar-refractivity contribution in [2.75, 3.05) is 24.5 Å². The number of H-pyrrole nitrogens is 1. The number of imidazole rings is 1. The van der Waals surface area contributed by atoms with Crippen LogP contribution in [0.4, 0.5) is 23.2 Å². The Kier molecular flexibility index (Phi) is 4.62. The molecule has 2 aromatic heterocycles. The van der Waals surface area contributed by atoms with Crippen molar-refractivity contribution in [3.63, 3.8) is 0 Å². The van der Waals surface area contributed by atoms with E-state index < -0.39 is 23.3 Å². The molecule has 1 fully saturated rings. The molecule has 31 heavy (non-hydrogen) atoms. The topological polar surface area (TPSA) is 70.8 Å². The van der Waals surface area contributed by atoms with Gasteiger partial charge in [-0.15, -0.1) is 0 Å². The van der Waals surface area contributed by atoms with Crippen LogP contribution in [-0.4, -0.2) is 34.6 Å². The lowest BCUT2D eigenvalue weighted by Crippen LogP contribution is -2.50. The number of anilines is 1. The van der Waals surface area contributed by atoms with Gasteiger partial charge in [-0.2, -0.15) is 0 Å². The molecule has 2 aromatic carbocycles. The predicted molar refractivity (Wildman–Crippen MR) is 109 cm³/mol. The zero-order chi connectivity index (χ0) is 21.7. The monoisotopic (exact) mass is 427 g/mol. The van der Waals surface area contributed by atoms with Crippen LogP contribution >= 0.6 is 0 Å². The third-order valence-electron chi connectivity index (χ3n) is 5.46. The van der Waals surface area contributed by atoms with E-state index in [0.717, 1.165) is 18.2 Å². The van der Waals surface area contributed by atoms with Gasteiger partial charge in [-0.25, -0.2) is 22.5 Å². The number of rotatable bonds is 4. The molecule has 0 unspecified atom stereocenters. The van der Waals surface area contributed by atoms with Gasteiger partial charge in [0.15, 0.2) is 5.82 Å². The van der Waals surface area contributed by atoms with E-state index in [9.17, 15) is 17.6 Å². The van der Waals surface area contributed by atoms with Crippen LogP contribution in [0.1, 0.15) is 0 Å². The molecule has 0 saturated carbocycles. The molecule has 0 bridgehead atoms. The molecule has 4 aromatic rings.